The van der Waals surface area contributed by atoms with E-state index in [1.165, 1.54) is 38.5 Å². The summed E-state index contributed by atoms with van der Waals surface area (Å²) in [6.07, 6.45) is 7.51. The zero-order chi connectivity index (χ0) is 12.2. The molecule has 0 aliphatic carbocycles. The first-order valence-electron chi connectivity index (χ1n) is 7.05. The third kappa shape index (κ3) is 2.60. The van der Waals surface area contributed by atoms with Crippen LogP contribution in [0.3, 0.4) is 0 Å². The first-order valence-corrected chi connectivity index (χ1v) is 7.05. The predicted octanol–water partition coefficient (Wildman–Crippen LogP) is 3.08. The highest BCUT2D eigenvalue weighted by molar-refractivity contribution is 5.05. The van der Waals surface area contributed by atoms with Crippen molar-refractivity contribution < 1.29 is 0 Å². The molecule has 0 unspecified atom stereocenters. The molecule has 0 amide bonds. The van der Waals surface area contributed by atoms with Crippen molar-refractivity contribution in [3.8, 4) is 0 Å². The summed E-state index contributed by atoms with van der Waals surface area (Å²) >= 11 is 0. The molecule has 2 N–H and O–H groups in total. The second kappa shape index (κ2) is 5.50. The molecule has 2 heteroatoms. The van der Waals surface area contributed by atoms with E-state index in [1.807, 2.05) is 0 Å². The Kier molecular flexibility index (Phi) is 4.81. The van der Waals surface area contributed by atoms with Gasteiger partial charge < -0.3 is 10.6 Å². The van der Waals surface area contributed by atoms with Crippen LogP contribution < -0.4 is 10.6 Å². The smallest absolute Gasteiger partial charge is 0.0196 e. The molecule has 0 bridgehead atoms. The van der Waals surface area contributed by atoms with Crippen LogP contribution in [0.15, 0.2) is 0 Å². The van der Waals surface area contributed by atoms with Gasteiger partial charge in [0.1, 0.15) is 0 Å². The van der Waals surface area contributed by atoms with Gasteiger partial charge in [-0.05, 0) is 45.6 Å². The first-order chi connectivity index (χ1) is 7.59. The van der Waals surface area contributed by atoms with Crippen molar-refractivity contribution in [1.82, 2.24) is 10.6 Å². The largest absolute Gasteiger partial charge is 0.317 e. The molecule has 1 heterocycles. The number of nitrogens with one attached hydrogen (secondary N) is 2. The van der Waals surface area contributed by atoms with E-state index in [1.54, 1.807) is 0 Å². The number of hydrogen-bond acceptors (Lipinski definition) is 2. The van der Waals surface area contributed by atoms with Crippen LogP contribution >= 0.6 is 0 Å². The summed E-state index contributed by atoms with van der Waals surface area (Å²) in [7, 11) is 2.11. The first kappa shape index (κ1) is 14.0. The van der Waals surface area contributed by atoms with Gasteiger partial charge in [-0.1, -0.05) is 27.7 Å². The number of hydrogen-bond donors (Lipinski definition) is 2. The highest BCUT2D eigenvalue weighted by Crippen LogP contribution is 2.36. The standard InChI is InChI=1S/C14H30N2/c1-6-13(7-2)10-12(15-5)11-14(8-3,9-4)16-13/h12,15-16H,6-11H2,1-5H3. The summed E-state index contributed by atoms with van der Waals surface area (Å²) in [5, 5.41) is 7.51. The van der Waals surface area contributed by atoms with Crippen LogP contribution in [0.4, 0.5) is 0 Å². The van der Waals surface area contributed by atoms with Crippen LogP contribution in [0, 0.1) is 0 Å². The predicted molar refractivity (Wildman–Crippen MR) is 71.8 cm³/mol. The zero-order valence-corrected chi connectivity index (χ0v) is 11.8. The summed E-state index contributed by atoms with van der Waals surface area (Å²) in [6.45, 7) is 9.30. The molecule has 1 saturated heterocycles. The van der Waals surface area contributed by atoms with E-state index in [-0.39, 0.29) is 0 Å². The van der Waals surface area contributed by atoms with Gasteiger partial charge in [0.2, 0.25) is 0 Å². The second-order valence-corrected chi connectivity index (χ2v) is 5.49. The lowest BCUT2D eigenvalue weighted by Crippen LogP contribution is -2.65. The average Bonchev–Trinajstić information content (AvgIpc) is 2.37. The molecular formula is C14H30N2. The summed E-state index contributed by atoms with van der Waals surface area (Å²) in [5.41, 5.74) is 0.718. The maximum atomic E-state index is 4.00. The quantitative estimate of drug-likeness (QED) is 0.753. The van der Waals surface area contributed by atoms with Crippen LogP contribution in [-0.4, -0.2) is 24.2 Å². The Morgan fingerprint density at radius 3 is 1.56 bits per heavy atom. The minimum atomic E-state index is 0.359. The van der Waals surface area contributed by atoms with Crippen LogP contribution in [-0.2, 0) is 0 Å². The van der Waals surface area contributed by atoms with Gasteiger partial charge in [-0.2, -0.15) is 0 Å². The Morgan fingerprint density at radius 2 is 1.31 bits per heavy atom. The molecule has 0 spiro atoms. The van der Waals surface area contributed by atoms with Crippen LogP contribution in [0.25, 0.3) is 0 Å². The molecule has 0 aromatic carbocycles. The van der Waals surface area contributed by atoms with E-state index < -0.39 is 0 Å². The zero-order valence-electron chi connectivity index (χ0n) is 11.8. The number of piperidine rings is 1. The van der Waals surface area contributed by atoms with Crippen molar-refractivity contribution in [2.24, 2.45) is 0 Å². The highest BCUT2D eigenvalue weighted by atomic mass is 15.1. The fourth-order valence-corrected chi connectivity index (χ4v) is 3.32. The summed E-state index contributed by atoms with van der Waals surface area (Å²) in [4.78, 5) is 0. The van der Waals surface area contributed by atoms with E-state index in [0.29, 0.717) is 17.1 Å². The van der Waals surface area contributed by atoms with E-state index in [2.05, 4.69) is 45.4 Å². The van der Waals surface area contributed by atoms with Crippen LogP contribution in [0.1, 0.15) is 66.2 Å². The van der Waals surface area contributed by atoms with Crippen molar-refractivity contribution in [2.75, 3.05) is 7.05 Å². The Balaban J connectivity index is 2.90. The maximum Gasteiger partial charge on any atom is 0.0196 e. The fourth-order valence-electron chi connectivity index (χ4n) is 3.32. The lowest BCUT2D eigenvalue weighted by molar-refractivity contribution is 0.0866. The summed E-state index contributed by atoms with van der Waals surface area (Å²) < 4.78 is 0. The van der Waals surface area contributed by atoms with E-state index in [4.69, 9.17) is 0 Å². The van der Waals surface area contributed by atoms with Gasteiger partial charge in [0.15, 0.2) is 0 Å². The highest BCUT2D eigenvalue weighted by Gasteiger charge is 2.43. The maximum absolute atomic E-state index is 4.00. The van der Waals surface area contributed by atoms with Crippen molar-refractivity contribution >= 4 is 0 Å². The fraction of sp³-hybridized carbons (Fsp3) is 1.00. The van der Waals surface area contributed by atoms with Crippen molar-refractivity contribution in [1.29, 1.82) is 0 Å². The van der Waals surface area contributed by atoms with E-state index >= 15 is 0 Å². The van der Waals surface area contributed by atoms with Gasteiger partial charge in [-0.15, -0.1) is 0 Å². The Labute approximate surface area is 102 Å². The molecule has 1 aliphatic heterocycles. The van der Waals surface area contributed by atoms with Crippen LogP contribution in [0.5, 0.6) is 0 Å². The van der Waals surface area contributed by atoms with Gasteiger partial charge in [-0.3, -0.25) is 0 Å². The molecule has 0 aromatic heterocycles. The molecule has 1 aliphatic rings. The Morgan fingerprint density at radius 1 is 0.938 bits per heavy atom. The minimum Gasteiger partial charge on any atom is -0.317 e. The summed E-state index contributed by atoms with van der Waals surface area (Å²) in [5.74, 6) is 0. The van der Waals surface area contributed by atoms with Crippen LogP contribution in [0.2, 0.25) is 0 Å². The molecule has 16 heavy (non-hydrogen) atoms. The van der Waals surface area contributed by atoms with Crippen molar-refractivity contribution in [2.45, 2.75) is 83.3 Å². The molecule has 0 atom stereocenters. The molecule has 96 valence electrons. The summed E-state index contributed by atoms with van der Waals surface area (Å²) in [6, 6.07) is 0.682. The van der Waals surface area contributed by atoms with E-state index in [9.17, 15) is 0 Å². The van der Waals surface area contributed by atoms with Gasteiger partial charge >= 0.3 is 0 Å². The Bertz CT molecular complexity index is 185. The SMILES string of the molecule is CCC1(CC)CC(NC)CC(CC)(CC)N1. The topological polar surface area (TPSA) is 24.1 Å². The third-order valence-electron chi connectivity index (χ3n) is 4.92. The molecule has 1 fully saturated rings. The van der Waals surface area contributed by atoms with Gasteiger partial charge in [0.05, 0.1) is 0 Å². The Hall–Kier alpha value is -0.0800. The molecule has 0 saturated carbocycles. The minimum absolute atomic E-state index is 0.359. The molecule has 0 aromatic rings. The number of rotatable bonds is 5. The molecule has 1 rings (SSSR count). The lowest BCUT2D eigenvalue weighted by atomic mass is 9.71. The molecule has 2 nitrogen and oxygen atoms in total. The van der Waals surface area contributed by atoms with E-state index in [0.717, 1.165) is 0 Å². The van der Waals surface area contributed by atoms with Crippen molar-refractivity contribution in [3.63, 3.8) is 0 Å². The van der Waals surface area contributed by atoms with Gasteiger partial charge in [0.25, 0.3) is 0 Å². The lowest BCUT2D eigenvalue weighted by Gasteiger charge is -2.52. The normalized spacial score (nSPS) is 24.6. The monoisotopic (exact) mass is 226 g/mol. The molecular weight excluding hydrogens is 196 g/mol. The third-order valence-corrected chi connectivity index (χ3v) is 4.92. The van der Waals surface area contributed by atoms with Gasteiger partial charge in [-0.25, -0.2) is 0 Å². The average molecular weight is 226 g/mol. The molecule has 0 radical (unpaired) electrons. The van der Waals surface area contributed by atoms with Crippen molar-refractivity contribution in [3.05, 3.63) is 0 Å². The second-order valence-electron chi connectivity index (χ2n) is 5.49. The van der Waals surface area contributed by atoms with Gasteiger partial charge in [0, 0.05) is 17.1 Å².